The lowest BCUT2D eigenvalue weighted by molar-refractivity contribution is -0.119. The lowest BCUT2D eigenvalue weighted by Gasteiger charge is -2.15. The van der Waals surface area contributed by atoms with Gasteiger partial charge in [-0.25, -0.2) is 0 Å². The summed E-state index contributed by atoms with van der Waals surface area (Å²) in [6.07, 6.45) is 0. The van der Waals surface area contributed by atoms with Crippen molar-refractivity contribution in [2.24, 2.45) is 5.73 Å². The minimum absolute atomic E-state index is 0.183. The number of ether oxygens (including phenoxy) is 2. The number of methoxy groups -OCH3 is 1. The highest BCUT2D eigenvalue weighted by Crippen LogP contribution is 2.31. The Balaban J connectivity index is 2.14. The number of aromatic nitrogens is 2. The van der Waals surface area contributed by atoms with E-state index in [9.17, 15) is 4.79 Å². The minimum atomic E-state index is -0.561. The van der Waals surface area contributed by atoms with Gasteiger partial charge in [-0.05, 0) is 19.1 Å². The van der Waals surface area contributed by atoms with Crippen LogP contribution in [0.15, 0.2) is 22.7 Å². The Hall–Kier alpha value is -2.77. The van der Waals surface area contributed by atoms with Gasteiger partial charge in [0.1, 0.15) is 6.04 Å². The van der Waals surface area contributed by atoms with Crippen LogP contribution in [-0.2, 0) is 10.2 Å². The van der Waals surface area contributed by atoms with Crippen LogP contribution >= 0.6 is 0 Å². The van der Waals surface area contributed by atoms with Crippen LogP contribution in [0.3, 0.4) is 0 Å². The molecule has 0 radical (unpaired) electrons. The molecule has 2 rings (SSSR count). The van der Waals surface area contributed by atoms with Crippen molar-refractivity contribution in [3.63, 3.8) is 0 Å². The number of primary amides is 1. The number of anilines is 1. The normalized spacial score (nSPS) is 12.5. The summed E-state index contributed by atoms with van der Waals surface area (Å²) < 4.78 is 15.9. The molecule has 25 heavy (non-hydrogen) atoms. The van der Waals surface area contributed by atoms with Gasteiger partial charge in [0.05, 0.1) is 7.11 Å². The molecule has 1 unspecified atom stereocenters. The van der Waals surface area contributed by atoms with Crippen molar-refractivity contribution in [2.75, 3.05) is 19.0 Å². The van der Waals surface area contributed by atoms with Gasteiger partial charge in [0.25, 0.3) is 5.91 Å². The zero-order chi connectivity index (χ0) is 18.6. The van der Waals surface area contributed by atoms with E-state index in [0.29, 0.717) is 23.2 Å². The molecule has 0 spiro atoms. The third kappa shape index (κ3) is 4.85. The van der Waals surface area contributed by atoms with E-state index in [2.05, 4.69) is 15.5 Å². The number of carbonyl (C=O) groups excluding carboxylic acids is 1. The van der Waals surface area contributed by atoms with E-state index in [4.69, 9.17) is 19.7 Å². The van der Waals surface area contributed by atoms with Gasteiger partial charge in [0.15, 0.2) is 23.9 Å². The molecular weight excluding hydrogens is 324 g/mol. The summed E-state index contributed by atoms with van der Waals surface area (Å²) in [6, 6.07) is 5.08. The second-order valence-corrected chi connectivity index (χ2v) is 6.69. The van der Waals surface area contributed by atoms with Crippen LogP contribution in [0.25, 0.3) is 0 Å². The maximum atomic E-state index is 10.9. The third-order valence-electron chi connectivity index (χ3n) is 3.40. The molecule has 8 heteroatoms. The highest BCUT2D eigenvalue weighted by atomic mass is 16.5. The zero-order valence-electron chi connectivity index (χ0n) is 15.1. The Morgan fingerprint density at radius 1 is 1.36 bits per heavy atom. The van der Waals surface area contributed by atoms with E-state index in [-0.39, 0.29) is 18.1 Å². The van der Waals surface area contributed by atoms with Crippen LogP contribution in [-0.4, -0.2) is 29.8 Å². The molecule has 2 aromatic rings. The largest absolute Gasteiger partial charge is 0.493 e. The van der Waals surface area contributed by atoms with E-state index in [0.717, 1.165) is 5.69 Å². The first kappa shape index (κ1) is 18.6. The molecule has 136 valence electrons. The molecule has 8 nitrogen and oxygen atoms in total. The molecule has 3 N–H and O–H groups in total. The summed E-state index contributed by atoms with van der Waals surface area (Å²) >= 11 is 0. The molecule has 1 aromatic heterocycles. The van der Waals surface area contributed by atoms with Crippen molar-refractivity contribution in [3.8, 4) is 11.5 Å². The van der Waals surface area contributed by atoms with Crippen LogP contribution in [0.4, 0.5) is 5.69 Å². The van der Waals surface area contributed by atoms with Crippen LogP contribution in [0.1, 0.15) is 45.5 Å². The standard InChI is InChI=1S/C17H24N4O4/c1-10(15-20-16(21-25-15)17(2,3)4)19-11-6-7-12(23-5)13(8-11)24-9-14(18)22/h6-8,10,19H,9H2,1-5H3,(H2,18,22). The van der Waals surface area contributed by atoms with Crippen molar-refractivity contribution in [2.45, 2.75) is 39.2 Å². The van der Waals surface area contributed by atoms with Gasteiger partial charge < -0.3 is 25.0 Å². The first-order valence-electron chi connectivity index (χ1n) is 7.90. The Morgan fingerprint density at radius 2 is 2.08 bits per heavy atom. The minimum Gasteiger partial charge on any atom is -0.493 e. The van der Waals surface area contributed by atoms with Crippen molar-refractivity contribution in [1.29, 1.82) is 0 Å². The summed E-state index contributed by atoms with van der Waals surface area (Å²) in [4.78, 5) is 15.4. The fourth-order valence-corrected chi connectivity index (χ4v) is 2.06. The number of benzene rings is 1. The lowest BCUT2D eigenvalue weighted by atomic mass is 9.96. The number of nitrogens with one attached hydrogen (secondary N) is 1. The third-order valence-corrected chi connectivity index (χ3v) is 3.40. The van der Waals surface area contributed by atoms with Crippen molar-refractivity contribution in [1.82, 2.24) is 10.1 Å². The molecule has 0 aliphatic carbocycles. The Bertz CT molecular complexity index is 736. The fourth-order valence-electron chi connectivity index (χ4n) is 2.06. The summed E-state index contributed by atoms with van der Waals surface area (Å²) in [6.45, 7) is 7.74. The van der Waals surface area contributed by atoms with Gasteiger partial charge in [-0.2, -0.15) is 4.98 Å². The van der Waals surface area contributed by atoms with Gasteiger partial charge in [0.2, 0.25) is 5.89 Å². The highest BCUT2D eigenvalue weighted by Gasteiger charge is 2.23. The Morgan fingerprint density at radius 3 is 2.64 bits per heavy atom. The summed E-state index contributed by atoms with van der Waals surface area (Å²) in [5.74, 6) is 1.50. The quantitative estimate of drug-likeness (QED) is 0.790. The highest BCUT2D eigenvalue weighted by molar-refractivity contribution is 5.75. The zero-order valence-corrected chi connectivity index (χ0v) is 15.1. The smallest absolute Gasteiger partial charge is 0.255 e. The van der Waals surface area contributed by atoms with Crippen LogP contribution in [0.5, 0.6) is 11.5 Å². The predicted molar refractivity (Wildman–Crippen MR) is 92.7 cm³/mol. The number of hydrogen-bond acceptors (Lipinski definition) is 7. The van der Waals surface area contributed by atoms with Crippen molar-refractivity contribution < 1.29 is 18.8 Å². The maximum Gasteiger partial charge on any atom is 0.255 e. The van der Waals surface area contributed by atoms with Crippen molar-refractivity contribution in [3.05, 3.63) is 29.9 Å². The molecule has 0 aliphatic heterocycles. The fraction of sp³-hybridized carbons (Fsp3) is 0.471. The molecule has 0 aliphatic rings. The van der Waals surface area contributed by atoms with Gasteiger partial charge >= 0.3 is 0 Å². The number of amides is 1. The lowest BCUT2D eigenvalue weighted by Crippen LogP contribution is -2.20. The van der Waals surface area contributed by atoms with Gasteiger partial charge in [-0.15, -0.1) is 0 Å². The molecule has 1 atom stereocenters. The van der Waals surface area contributed by atoms with Crippen LogP contribution in [0.2, 0.25) is 0 Å². The van der Waals surface area contributed by atoms with E-state index in [1.54, 1.807) is 12.1 Å². The molecule has 0 saturated heterocycles. The average molecular weight is 348 g/mol. The monoisotopic (exact) mass is 348 g/mol. The molecule has 1 amide bonds. The van der Waals surface area contributed by atoms with E-state index in [1.165, 1.54) is 7.11 Å². The maximum absolute atomic E-state index is 10.9. The second-order valence-electron chi connectivity index (χ2n) is 6.69. The number of hydrogen-bond donors (Lipinski definition) is 2. The molecule has 0 fully saturated rings. The summed E-state index contributed by atoms with van der Waals surface area (Å²) in [5, 5.41) is 7.28. The number of nitrogens with zero attached hydrogens (tertiary/aromatic N) is 2. The van der Waals surface area contributed by atoms with Gasteiger partial charge in [-0.1, -0.05) is 25.9 Å². The first-order chi connectivity index (χ1) is 11.7. The van der Waals surface area contributed by atoms with E-state index >= 15 is 0 Å². The van der Waals surface area contributed by atoms with Gasteiger partial charge in [0, 0.05) is 17.2 Å². The topological polar surface area (TPSA) is 112 Å². The van der Waals surface area contributed by atoms with Crippen LogP contribution < -0.4 is 20.5 Å². The molecule has 0 saturated carbocycles. The predicted octanol–water partition coefficient (Wildman–Crippen LogP) is 2.41. The van der Waals surface area contributed by atoms with Crippen LogP contribution in [0, 0.1) is 0 Å². The first-order valence-corrected chi connectivity index (χ1v) is 7.90. The SMILES string of the molecule is COc1ccc(NC(C)c2nc(C(C)(C)C)no2)cc1OCC(N)=O. The van der Waals surface area contributed by atoms with Gasteiger partial charge in [-0.3, -0.25) is 4.79 Å². The second kappa shape index (κ2) is 7.42. The van der Waals surface area contributed by atoms with E-state index < -0.39 is 5.91 Å². The average Bonchev–Trinajstić information content (AvgIpc) is 3.03. The number of carbonyl (C=O) groups is 1. The number of nitrogens with two attached hydrogens (primary N) is 1. The molecule has 0 bridgehead atoms. The molecular formula is C17H24N4O4. The number of rotatable bonds is 7. The molecule has 1 heterocycles. The Kier molecular flexibility index (Phi) is 5.51. The van der Waals surface area contributed by atoms with E-state index in [1.807, 2.05) is 33.8 Å². The molecule has 1 aromatic carbocycles. The summed E-state index contributed by atoms with van der Waals surface area (Å²) in [5.41, 5.74) is 5.69. The summed E-state index contributed by atoms with van der Waals surface area (Å²) in [7, 11) is 1.52. The Labute approximate surface area is 146 Å². The van der Waals surface area contributed by atoms with Crippen molar-refractivity contribution >= 4 is 11.6 Å².